The van der Waals surface area contributed by atoms with Crippen LogP contribution in [0.25, 0.3) is 0 Å². The summed E-state index contributed by atoms with van der Waals surface area (Å²) in [4.78, 5) is 14.2. The molecule has 1 amide bonds. The lowest BCUT2D eigenvalue weighted by atomic mass is 10.2. The molecule has 8 heteroatoms. The summed E-state index contributed by atoms with van der Waals surface area (Å²) in [7, 11) is -4.04. The Labute approximate surface area is 164 Å². The second kappa shape index (κ2) is 9.19. The Morgan fingerprint density at radius 1 is 1.15 bits per heavy atom. The maximum Gasteiger partial charge on any atom is 0.263 e. The van der Waals surface area contributed by atoms with Crippen molar-refractivity contribution < 1.29 is 17.6 Å². The van der Waals surface area contributed by atoms with E-state index in [4.69, 9.17) is 11.6 Å². The Balaban J connectivity index is 2.32. The summed E-state index contributed by atoms with van der Waals surface area (Å²) in [6, 6.07) is 9.07. The van der Waals surface area contributed by atoms with Crippen LogP contribution in [0.1, 0.15) is 37.0 Å². The Bertz CT molecular complexity index is 902. The Hall–Kier alpha value is -2.12. The molecule has 2 aromatic carbocycles. The predicted molar refractivity (Wildman–Crippen MR) is 105 cm³/mol. The zero-order chi connectivity index (χ0) is 20.0. The highest BCUT2D eigenvalue weighted by Crippen LogP contribution is 2.26. The van der Waals surface area contributed by atoms with Gasteiger partial charge in [-0.1, -0.05) is 24.9 Å². The molecule has 2 rings (SSSR count). The lowest BCUT2D eigenvalue weighted by Crippen LogP contribution is -2.32. The van der Waals surface area contributed by atoms with E-state index in [1.807, 2.05) is 13.8 Å². The molecule has 0 aliphatic rings. The van der Waals surface area contributed by atoms with Gasteiger partial charge in [0.05, 0.1) is 5.02 Å². The first-order valence-corrected chi connectivity index (χ1v) is 10.5. The Kier molecular flexibility index (Phi) is 7.21. The van der Waals surface area contributed by atoms with E-state index >= 15 is 0 Å². The van der Waals surface area contributed by atoms with E-state index in [9.17, 15) is 17.6 Å². The third-order valence-corrected chi connectivity index (χ3v) is 5.88. The topological polar surface area (TPSA) is 66.5 Å². The van der Waals surface area contributed by atoms with Gasteiger partial charge in [0.2, 0.25) is 0 Å². The van der Waals surface area contributed by atoms with Gasteiger partial charge in [0.1, 0.15) is 10.7 Å². The molecule has 1 N–H and O–H groups in total. The summed E-state index contributed by atoms with van der Waals surface area (Å²) in [6.45, 7) is 5.03. The number of hydrogen-bond donors (Lipinski definition) is 1. The molecule has 0 spiro atoms. The van der Waals surface area contributed by atoms with Gasteiger partial charge in [0.25, 0.3) is 15.9 Å². The van der Waals surface area contributed by atoms with E-state index in [-0.39, 0.29) is 27.1 Å². The highest BCUT2D eigenvalue weighted by Gasteiger charge is 2.22. The molecular weight excluding hydrogens is 391 g/mol. The predicted octanol–water partition coefficient (Wildman–Crippen LogP) is 4.54. The molecule has 27 heavy (non-hydrogen) atoms. The molecule has 0 radical (unpaired) electrons. The summed E-state index contributed by atoms with van der Waals surface area (Å²) in [5.41, 5.74) is 0.444. The van der Waals surface area contributed by atoms with Crippen molar-refractivity contribution in [3.63, 3.8) is 0 Å². The molecule has 0 fully saturated rings. The summed E-state index contributed by atoms with van der Waals surface area (Å²) in [5, 5.41) is -0.00207. The number of amides is 1. The minimum absolute atomic E-state index is 0.00207. The molecule has 146 valence electrons. The number of hydrogen-bond acceptors (Lipinski definition) is 3. The van der Waals surface area contributed by atoms with E-state index in [0.29, 0.717) is 13.1 Å². The van der Waals surface area contributed by atoms with Crippen LogP contribution in [0.15, 0.2) is 47.4 Å². The molecule has 0 heterocycles. The van der Waals surface area contributed by atoms with Gasteiger partial charge in [0.15, 0.2) is 0 Å². The fourth-order valence-corrected chi connectivity index (χ4v) is 4.09. The van der Waals surface area contributed by atoms with Gasteiger partial charge in [-0.3, -0.25) is 9.52 Å². The number of benzene rings is 2. The zero-order valence-electron chi connectivity index (χ0n) is 15.2. The second-order valence-corrected chi connectivity index (χ2v) is 8.05. The molecule has 0 saturated heterocycles. The van der Waals surface area contributed by atoms with Gasteiger partial charge >= 0.3 is 0 Å². The SMILES string of the molecule is CCCCN(CC)C(=O)c1ccc(Cl)c(S(=O)(=O)Nc2ccc(F)cc2)c1. The average molecular weight is 413 g/mol. The fourth-order valence-electron chi connectivity index (χ4n) is 2.51. The van der Waals surface area contributed by atoms with Crippen molar-refractivity contribution >= 4 is 33.2 Å². The van der Waals surface area contributed by atoms with E-state index < -0.39 is 15.8 Å². The van der Waals surface area contributed by atoms with Crippen molar-refractivity contribution in [1.82, 2.24) is 4.90 Å². The lowest BCUT2D eigenvalue weighted by Gasteiger charge is -2.21. The van der Waals surface area contributed by atoms with Crippen LogP contribution >= 0.6 is 11.6 Å². The maximum atomic E-state index is 13.0. The van der Waals surface area contributed by atoms with Crippen LogP contribution in [0.4, 0.5) is 10.1 Å². The second-order valence-electron chi connectivity index (χ2n) is 6.00. The van der Waals surface area contributed by atoms with E-state index in [2.05, 4.69) is 4.72 Å². The van der Waals surface area contributed by atoms with Crippen molar-refractivity contribution in [3.8, 4) is 0 Å². The fraction of sp³-hybridized carbons (Fsp3) is 0.316. The minimum atomic E-state index is -4.04. The zero-order valence-corrected chi connectivity index (χ0v) is 16.8. The van der Waals surface area contributed by atoms with E-state index in [1.165, 1.54) is 30.3 Å². The molecule has 0 atom stereocenters. The molecule has 0 saturated carbocycles. The maximum absolute atomic E-state index is 13.0. The number of anilines is 1. The average Bonchev–Trinajstić information content (AvgIpc) is 2.64. The number of sulfonamides is 1. The largest absolute Gasteiger partial charge is 0.339 e. The van der Waals surface area contributed by atoms with Crippen LogP contribution in [0.5, 0.6) is 0 Å². The molecule has 0 unspecified atom stereocenters. The first-order chi connectivity index (χ1) is 12.8. The molecule has 2 aromatic rings. The number of halogens is 2. The standard InChI is InChI=1S/C19H22ClFN2O3S/c1-3-5-12-23(4-2)19(24)14-6-11-17(20)18(13-14)27(25,26)22-16-9-7-15(21)8-10-16/h6-11,13,22H,3-5,12H2,1-2H3. The van der Waals surface area contributed by atoms with E-state index in [0.717, 1.165) is 25.0 Å². The third-order valence-electron chi connectivity index (χ3n) is 4.01. The number of nitrogens with one attached hydrogen (secondary N) is 1. The lowest BCUT2D eigenvalue weighted by molar-refractivity contribution is 0.0762. The Morgan fingerprint density at radius 2 is 1.81 bits per heavy atom. The number of carbonyl (C=O) groups excluding carboxylic acids is 1. The number of carbonyl (C=O) groups is 1. The highest BCUT2D eigenvalue weighted by atomic mass is 35.5. The van der Waals surface area contributed by atoms with Crippen molar-refractivity contribution in [3.05, 3.63) is 58.9 Å². The molecule has 0 bridgehead atoms. The summed E-state index contributed by atoms with van der Waals surface area (Å²) < 4.78 is 40.7. The van der Waals surface area contributed by atoms with E-state index in [1.54, 1.807) is 4.90 Å². The van der Waals surface area contributed by atoms with Crippen LogP contribution in [0, 0.1) is 5.82 Å². The van der Waals surface area contributed by atoms with Gasteiger partial charge in [-0.2, -0.15) is 0 Å². The van der Waals surface area contributed by atoms with Crippen molar-refractivity contribution in [2.75, 3.05) is 17.8 Å². The number of nitrogens with zero attached hydrogens (tertiary/aromatic N) is 1. The van der Waals surface area contributed by atoms with Crippen LogP contribution in [-0.2, 0) is 10.0 Å². The molecule has 5 nitrogen and oxygen atoms in total. The summed E-state index contributed by atoms with van der Waals surface area (Å²) in [5.74, 6) is -0.726. The summed E-state index contributed by atoms with van der Waals surface area (Å²) >= 11 is 6.07. The van der Waals surface area contributed by atoms with Gasteiger partial charge < -0.3 is 4.90 Å². The van der Waals surface area contributed by atoms with Crippen LogP contribution < -0.4 is 4.72 Å². The van der Waals surface area contributed by atoms with Crippen LogP contribution in [-0.4, -0.2) is 32.3 Å². The minimum Gasteiger partial charge on any atom is -0.339 e. The molecule has 0 aliphatic carbocycles. The van der Waals surface area contributed by atoms with Crippen molar-refractivity contribution in [1.29, 1.82) is 0 Å². The number of rotatable bonds is 8. The molecule has 0 aliphatic heterocycles. The van der Waals surface area contributed by atoms with Gasteiger partial charge in [0, 0.05) is 24.3 Å². The first-order valence-electron chi connectivity index (χ1n) is 8.65. The van der Waals surface area contributed by atoms with Crippen molar-refractivity contribution in [2.24, 2.45) is 0 Å². The van der Waals surface area contributed by atoms with Gasteiger partial charge in [-0.05, 0) is 55.8 Å². The molecule has 0 aromatic heterocycles. The van der Waals surface area contributed by atoms with Crippen LogP contribution in [0.3, 0.4) is 0 Å². The van der Waals surface area contributed by atoms with Gasteiger partial charge in [-0.15, -0.1) is 0 Å². The van der Waals surface area contributed by atoms with Crippen molar-refractivity contribution in [2.45, 2.75) is 31.6 Å². The monoisotopic (exact) mass is 412 g/mol. The third kappa shape index (κ3) is 5.43. The number of unbranched alkanes of at least 4 members (excludes halogenated alkanes) is 1. The smallest absolute Gasteiger partial charge is 0.263 e. The first kappa shape index (κ1) is 21.2. The normalized spacial score (nSPS) is 11.3. The van der Waals surface area contributed by atoms with Gasteiger partial charge in [-0.25, -0.2) is 12.8 Å². The highest BCUT2D eigenvalue weighted by molar-refractivity contribution is 7.92. The quantitative estimate of drug-likeness (QED) is 0.692. The Morgan fingerprint density at radius 3 is 2.41 bits per heavy atom. The van der Waals surface area contributed by atoms with Crippen LogP contribution in [0.2, 0.25) is 5.02 Å². The summed E-state index contributed by atoms with van der Waals surface area (Å²) in [6.07, 6.45) is 1.82. The molecular formula is C19H22ClFN2O3S.